The van der Waals surface area contributed by atoms with E-state index in [4.69, 9.17) is 4.84 Å². The molecule has 1 heterocycles. The Morgan fingerprint density at radius 1 is 0.935 bits per heavy atom. The molecular formula is C24H27N5O2. The third-order valence-corrected chi connectivity index (χ3v) is 4.85. The average Bonchev–Trinajstić information content (AvgIpc) is 2.75. The van der Waals surface area contributed by atoms with Gasteiger partial charge in [0.05, 0.1) is 5.56 Å². The van der Waals surface area contributed by atoms with Crippen LogP contribution in [0.25, 0.3) is 11.1 Å². The van der Waals surface area contributed by atoms with Crippen molar-refractivity contribution >= 4 is 17.3 Å². The topological polar surface area (TPSA) is 72.3 Å². The lowest BCUT2D eigenvalue weighted by Crippen LogP contribution is -2.24. The van der Waals surface area contributed by atoms with E-state index in [1.165, 1.54) is 13.4 Å². The van der Waals surface area contributed by atoms with E-state index in [1.54, 1.807) is 18.3 Å². The van der Waals surface area contributed by atoms with Gasteiger partial charge < -0.3 is 15.1 Å². The molecule has 0 atom stereocenters. The van der Waals surface area contributed by atoms with Crippen molar-refractivity contribution in [1.82, 2.24) is 14.7 Å². The highest BCUT2D eigenvalue weighted by Crippen LogP contribution is 2.23. The fourth-order valence-corrected chi connectivity index (χ4v) is 3.23. The van der Waals surface area contributed by atoms with Gasteiger partial charge in [-0.1, -0.05) is 18.2 Å². The van der Waals surface area contributed by atoms with Gasteiger partial charge >= 0.3 is 0 Å². The van der Waals surface area contributed by atoms with Crippen LogP contribution in [-0.4, -0.2) is 35.9 Å². The number of nitrogens with zero attached hydrogens (tertiary/aromatic N) is 4. The van der Waals surface area contributed by atoms with Crippen molar-refractivity contribution in [2.45, 2.75) is 13.8 Å². The van der Waals surface area contributed by atoms with Gasteiger partial charge in [-0.3, -0.25) is 4.79 Å². The highest BCUT2D eigenvalue weighted by atomic mass is 16.6. The van der Waals surface area contributed by atoms with Crippen molar-refractivity contribution in [3.8, 4) is 11.1 Å². The van der Waals surface area contributed by atoms with Crippen LogP contribution >= 0.6 is 0 Å². The van der Waals surface area contributed by atoms with E-state index in [0.29, 0.717) is 11.5 Å². The maximum absolute atomic E-state index is 13.2. The number of benzene rings is 2. The largest absolute Gasteiger partial charge is 0.413 e. The molecule has 7 heteroatoms. The summed E-state index contributed by atoms with van der Waals surface area (Å²) in [5, 5.41) is 3.15. The number of aryl methyl sites for hydroxylation is 2. The van der Waals surface area contributed by atoms with Gasteiger partial charge in [0, 0.05) is 31.7 Å². The fourth-order valence-electron chi connectivity index (χ4n) is 3.23. The van der Waals surface area contributed by atoms with Crippen LogP contribution in [0, 0.1) is 13.8 Å². The Bertz CT molecular complexity index is 1150. The number of hydrogen-bond donors (Lipinski definition) is 1. The molecule has 0 amide bonds. The summed E-state index contributed by atoms with van der Waals surface area (Å²) in [4.78, 5) is 29.2. The SMILES string of the molecule is COn1cnc(Nc2ccc(N(C)C)cc2)ncccc(-c2c(C)cccc2C)c1=O. The second kappa shape index (κ2) is 9.75. The van der Waals surface area contributed by atoms with Crippen LogP contribution in [0.15, 0.2) is 71.9 Å². The molecule has 0 unspecified atom stereocenters. The van der Waals surface area contributed by atoms with Crippen LogP contribution < -0.4 is 20.6 Å². The molecule has 0 radical (unpaired) electrons. The molecule has 3 aromatic rings. The van der Waals surface area contributed by atoms with E-state index >= 15 is 0 Å². The third kappa shape index (κ3) is 5.19. The van der Waals surface area contributed by atoms with Gasteiger partial charge in [-0.15, -0.1) is 4.73 Å². The summed E-state index contributed by atoms with van der Waals surface area (Å²) in [5.41, 5.74) is 4.98. The standard InChI is InChI=1S/C24H27N5O2/c1-17-8-6-9-18(2)22(17)21-10-7-15-25-24(26-16-29(31-5)23(21)30)27-19-11-13-20(14-12-19)28(3)4/h6-16H,1-5H3,(H,25,27). The summed E-state index contributed by atoms with van der Waals surface area (Å²) >= 11 is 0. The maximum Gasteiger partial charge on any atom is 0.292 e. The maximum atomic E-state index is 13.2. The first-order chi connectivity index (χ1) is 14.9. The summed E-state index contributed by atoms with van der Waals surface area (Å²) in [5.74, 6) is 0.327. The highest BCUT2D eigenvalue weighted by Gasteiger charge is 2.10. The van der Waals surface area contributed by atoms with Crippen LogP contribution in [0.2, 0.25) is 0 Å². The van der Waals surface area contributed by atoms with E-state index in [0.717, 1.165) is 32.8 Å². The van der Waals surface area contributed by atoms with Gasteiger partial charge in [0.2, 0.25) is 5.95 Å². The Kier molecular flexibility index (Phi) is 6.87. The molecule has 0 spiro atoms. The van der Waals surface area contributed by atoms with E-state index in [9.17, 15) is 4.79 Å². The molecule has 0 aliphatic rings. The number of hydrogen-bond acceptors (Lipinski definition) is 6. The summed E-state index contributed by atoms with van der Waals surface area (Å²) in [7, 11) is 5.40. The molecule has 0 aliphatic heterocycles. The second-order valence-corrected chi connectivity index (χ2v) is 7.27. The molecule has 2 aromatic carbocycles. The number of nitrogens with one attached hydrogen (secondary N) is 1. The molecule has 1 N–H and O–H groups in total. The summed E-state index contributed by atoms with van der Waals surface area (Å²) in [6.07, 6.45) is 2.93. The van der Waals surface area contributed by atoms with Crippen molar-refractivity contribution in [1.29, 1.82) is 0 Å². The first-order valence-electron chi connectivity index (χ1n) is 9.88. The minimum atomic E-state index is -0.315. The van der Waals surface area contributed by atoms with Gasteiger partial charge in [-0.05, 0) is 66.9 Å². The molecule has 3 rings (SSSR count). The van der Waals surface area contributed by atoms with Crippen LogP contribution in [0.1, 0.15) is 11.1 Å². The van der Waals surface area contributed by atoms with Crippen LogP contribution in [0.4, 0.5) is 17.3 Å². The zero-order valence-electron chi connectivity index (χ0n) is 18.5. The van der Waals surface area contributed by atoms with Crippen LogP contribution in [0.5, 0.6) is 0 Å². The van der Waals surface area contributed by atoms with Crippen molar-refractivity contribution in [2.75, 3.05) is 31.4 Å². The number of anilines is 3. The van der Waals surface area contributed by atoms with E-state index in [1.807, 2.05) is 75.3 Å². The van der Waals surface area contributed by atoms with E-state index in [2.05, 4.69) is 15.3 Å². The first-order valence-corrected chi connectivity index (χ1v) is 9.88. The monoisotopic (exact) mass is 417 g/mol. The smallest absolute Gasteiger partial charge is 0.292 e. The van der Waals surface area contributed by atoms with Gasteiger partial charge in [-0.25, -0.2) is 4.98 Å². The van der Waals surface area contributed by atoms with Crippen LogP contribution in [-0.2, 0) is 0 Å². The van der Waals surface area contributed by atoms with Gasteiger partial charge in [-0.2, -0.15) is 4.98 Å². The Hall–Kier alpha value is -3.87. The predicted octanol–water partition coefficient (Wildman–Crippen LogP) is 3.91. The summed E-state index contributed by atoms with van der Waals surface area (Å²) in [6, 6.07) is 17.3. The van der Waals surface area contributed by atoms with Crippen molar-refractivity contribution in [3.05, 3.63) is 88.6 Å². The molecule has 160 valence electrons. The number of rotatable bonds is 5. The molecule has 0 saturated carbocycles. The average molecular weight is 418 g/mol. The molecular weight excluding hydrogens is 390 g/mol. The first kappa shape index (κ1) is 21.8. The molecule has 31 heavy (non-hydrogen) atoms. The van der Waals surface area contributed by atoms with Gasteiger partial charge in [0.1, 0.15) is 13.4 Å². The fraction of sp³-hybridized carbons (Fsp3) is 0.208. The predicted molar refractivity (Wildman–Crippen MR) is 125 cm³/mol. The van der Waals surface area contributed by atoms with Gasteiger partial charge in [0.15, 0.2) is 0 Å². The van der Waals surface area contributed by atoms with Crippen molar-refractivity contribution < 1.29 is 4.84 Å². The van der Waals surface area contributed by atoms with Gasteiger partial charge in [0.25, 0.3) is 5.56 Å². The normalized spacial score (nSPS) is 10.2. The lowest BCUT2D eigenvalue weighted by Gasteiger charge is -2.12. The Balaban J connectivity index is 2.07. The lowest BCUT2D eigenvalue weighted by molar-refractivity contribution is 0.155. The molecule has 0 fully saturated rings. The molecule has 1 aromatic heterocycles. The zero-order chi connectivity index (χ0) is 22.4. The number of aromatic nitrogens is 3. The summed E-state index contributed by atoms with van der Waals surface area (Å²) in [6.45, 7) is 3.96. The van der Waals surface area contributed by atoms with Crippen LogP contribution in [0.3, 0.4) is 0 Å². The van der Waals surface area contributed by atoms with Crippen molar-refractivity contribution in [3.63, 3.8) is 0 Å². The Morgan fingerprint density at radius 2 is 1.61 bits per heavy atom. The Labute approximate surface area is 182 Å². The third-order valence-electron chi connectivity index (χ3n) is 4.85. The summed E-state index contributed by atoms with van der Waals surface area (Å²) < 4.78 is 1.10. The molecule has 7 nitrogen and oxygen atoms in total. The minimum absolute atomic E-state index is 0.315. The quantitative estimate of drug-likeness (QED) is 0.679. The van der Waals surface area contributed by atoms with E-state index in [-0.39, 0.29) is 5.56 Å². The highest BCUT2D eigenvalue weighted by molar-refractivity contribution is 5.69. The zero-order valence-corrected chi connectivity index (χ0v) is 18.5. The van der Waals surface area contributed by atoms with E-state index < -0.39 is 0 Å². The molecule has 0 aliphatic carbocycles. The molecule has 0 saturated heterocycles. The van der Waals surface area contributed by atoms with Crippen molar-refractivity contribution in [2.24, 2.45) is 0 Å². The minimum Gasteiger partial charge on any atom is -0.413 e. The Morgan fingerprint density at radius 3 is 2.23 bits per heavy atom. The second-order valence-electron chi connectivity index (χ2n) is 7.27. The lowest BCUT2D eigenvalue weighted by atomic mass is 9.97. The molecule has 0 bridgehead atoms.